The molecule has 0 bridgehead atoms. The number of hydrogen-bond donors (Lipinski definition) is 0. The van der Waals surface area contributed by atoms with Gasteiger partial charge in [-0.05, 0) is 12.1 Å². The number of methoxy groups -OCH3 is 3. The van der Waals surface area contributed by atoms with Gasteiger partial charge in [-0.3, -0.25) is 14.7 Å². The highest BCUT2D eigenvalue weighted by Gasteiger charge is 2.28. The first-order valence-electron chi connectivity index (χ1n) is 8.39. The van der Waals surface area contributed by atoms with E-state index in [1.807, 2.05) is 24.3 Å². The summed E-state index contributed by atoms with van der Waals surface area (Å²) in [6.07, 6.45) is 1.68. The van der Waals surface area contributed by atoms with Crippen LogP contribution < -0.4 is 19.1 Å². The normalized spacial score (nSPS) is 15.0. The minimum atomic E-state index is 0.0302. The predicted molar refractivity (Wildman–Crippen MR) is 98.0 cm³/mol. The fourth-order valence-electron chi connectivity index (χ4n) is 3.14. The van der Waals surface area contributed by atoms with E-state index in [4.69, 9.17) is 14.2 Å². The van der Waals surface area contributed by atoms with Crippen LogP contribution in [0.2, 0.25) is 0 Å². The van der Waals surface area contributed by atoms with E-state index in [1.165, 1.54) is 0 Å². The van der Waals surface area contributed by atoms with Crippen molar-refractivity contribution >= 4 is 11.6 Å². The second-order valence-corrected chi connectivity index (χ2v) is 5.92. The molecule has 1 fully saturated rings. The van der Waals surface area contributed by atoms with Crippen molar-refractivity contribution in [3.05, 3.63) is 42.2 Å². The molecule has 0 atom stereocenters. The van der Waals surface area contributed by atoms with Crippen molar-refractivity contribution in [3.8, 4) is 17.2 Å². The van der Waals surface area contributed by atoms with Crippen molar-refractivity contribution in [1.29, 1.82) is 0 Å². The summed E-state index contributed by atoms with van der Waals surface area (Å²) in [5.74, 6) is 1.97. The molecule has 1 aromatic carbocycles. The molecule has 1 saturated heterocycles. The molecule has 3 rings (SSSR count). The second kappa shape index (κ2) is 8.05. The third kappa shape index (κ3) is 3.57. The molecule has 1 aliphatic rings. The molecule has 0 saturated carbocycles. The lowest BCUT2D eigenvalue weighted by Crippen LogP contribution is -2.50. The van der Waals surface area contributed by atoms with Crippen molar-refractivity contribution in [2.24, 2.45) is 0 Å². The maximum absolute atomic E-state index is 12.7. The molecule has 2 heterocycles. The van der Waals surface area contributed by atoms with Crippen LogP contribution in [0, 0.1) is 0 Å². The van der Waals surface area contributed by atoms with E-state index in [0.717, 1.165) is 17.9 Å². The van der Waals surface area contributed by atoms with Gasteiger partial charge in [-0.1, -0.05) is 12.1 Å². The summed E-state index contributed by atoms with van der Waals surface area (Å²) >= 11 is 0. The van der Waals surface area contributed by atoms with Gasteiger partial charge in [0.15, 0.2) is 11.5 Å². The number of amides is 1. The van der Waals surface area contributed by atoms with Gasteiger partial charge < -0.3 is 19.1 Å². The van der Waals surface area contributed by atoms with Gasteiger partial charge in [0, 0.05) is 31.9 Å². The molecule has 1 aromatic heterocycles. The largest absolute Gasteiger partial charge is 0.495 e. The number of carbonyl (C=O) groups is 1. The first kappa shape index (κ1) is 18.0. The monoisotopic (exact) mass is 357 g/mol. The van der Waals surface area contributed by atoms with Crippen molar-refractivity contribution in [3.63, 3.8) is 0 Å². The van der Waals surface area contributed by atoms with Crippen molar-refractivity contribution < 1.29 is 19.0 Å². The molecular weight excluding hydrogens is 334 g/mol. The Morgan fingerprint density at radius 1 is 1.00 bits per heavy atom. The first-order chi connectivity index (χ1) is 12.7. The van der Waals surface area contributed by atoms with Gasteiger partial charge in [-0.2, -0.15) is 0 Å². The van der Waals surface area contributed by atoms with Gasteiger partial charge in [-0.15, -0.1) is 0 Å². The SMILES string of the molecule is COc1ccccc1N1CCN(Cc2nccc(OC)c2OC)CC1=O. The van der Waals surface area contributed by atoms with Crippen molar-refractivity contribution in [2.45, 2.75) is 6.54 Å². The van der Waals surface area contributed by atoms with Gasteiger partial charge in [0.25, 0.3) is 0 Å². The number of piperazine rings is 1. The Morgan fingerprint density at radius 2 is 1.77 bits per heavy atom. The maximum atomic E-state index is 12.7. The fraction of sp³-hybridized carbons (Fsp3) is 0.368. The minimum absolute atomic E-state index is 0.0302. The molecular formula is C19H23N3O4. The molecule has 7 nitrogen and oxygen atoms in total. The number of pyridine rings is 1. The average Bonchev–Trinajstić information content (AvgIpc) is 2.68. The summed E-state index contributed by atoms with van der Waals surface area (Å²) in [5, 5.41) is 0. The molecule has 1 amide bonds. The van der Waals surface area contributed by atoms with E-state index in [1.54, 1.807) is 38.5 Å². The number of rotatable bonds is 6. The van der Waals surface area contributed by atoms with Crippen LogP contribution in [0.25, 0.3) is 0 Å². The topological polar surface area (TPSA) is 64.1 Å². The molecule has 26 heavy (non-hydrogen) atoms. The van der Waals surface area contributed by atoms with E-state index < -0.39 is 0 Å². The van der Waals surface area contributed by atoms with Crippen LogP contribution in [0.3, 0.4) is 0 Å². The smallest absolute Gasteiger partial charge is 0.241 e. The number of hydrogen-bond acceptors (Lipinski definition) is 6. The highest BCUT2D eigenvalue weighted by Crippen LogP contribution is 2.31. The highest BCUT2D eigenvalue weighted by molar-refractivity contribution is 5.96. The average molecular weight is 357 g/mol. The predicted octanol–water partition coefficient (Wildman–Crippen LogP) is 1.96. The van der Waals surface area contributed by atoms with E-state index in [9.17, 15) is 4.79 Å². The summed E-state index contributed by atoms with van der Waals surface area (Å²) in [6.45, 7) is 2.14. The number of ether oxygens (including phenoxy) is 3. The lowest BCUT2D eigenvalue weighted by atomic mass is 10.2. The number of nitrogens with zero attached hydrogens (tertiary/aromatic N) is 3. The molecule has 0 N–H and O–H groups in total. The van der Waals surface area contributed by atoms with Crippen LogP contribution >= 0.6 is 0 Å². The molecule has 0 unspecified atom stereocenters. The zero-order valence-electron chi connectivity index (χ0n) is 15.3. The van der Waals surface area contributed by atoms with Crippen LogP contribution in [-0.2, 0) is 11.3 Å². The maximum Gasteiger partial charge on any atom is 0.241 e. The van der Waals surface area contributed by atoms with Gasteiger partial charge in [0.05, 0.1) is 33.6 Å². The van der Waals surface area contributed by atoms with Crippen LogP contribution in [-0.4, -0.2) is 56.8 Å². The van der Waals surface area contributed by atoms with Gasteiger partial charge in [-0.25, -0.2) is 0 Å². The van der Waals surface area contributed by atoms with Crippen LogP contribution in [0.1, 0.15) is 5.69 Å². The molecule has 2 aromatic rings. The van der Waals surface area contributed by atoms with E-state index in [0.29, 0.717) is 36.9 Å². The minimum Gasteiger partial charge on any atom is -0.495 e. The van der Waals surface area contributed by atoms with E-state index in [2.05, 4.69) is 9.88 Å². The van der Waals surface area contributed by atoms with Crippen molar-refractivity contribution in [1.82, 2.24) is 9.88 Å². The molecule has 138 valence electrons. The Kier molecular flexibility index (Phi) is 5.58. The molecule has 0 radical (unpaired) electrons. The Balaban J connectivity index is 1.73. The van der Waals surface area contributed by atoms with Crippen LogP contribution in [0.15, 0.2) is 36.5 Å². The van der Waals surface area contributed by atoms with Crippen molar-refractivity contribution in [2.75, 3.05) is 45.9 Å². The number of anilines is 1. The zero-order chi connectivity index (χ0) is 18.5. The standard InChI is InChI=1S/C19H23N3O4/c1-24-16-7-5-4-6-15(16)22-11-10-21(13-18(22)23)12-14-19(26-3)17(25-2)8-9-20-14/h4-9H,10-13H2,1-3H3. The van der Waals surface area contributed by atoms with Crippen LogP contribution in [0.5, 0.6) is 17.2 Å². The Morgan fingerprint density at radius 3 is 2.46 bits per heavy atom. The van der Waals surface area contributed by atoms with E-state index in [-0.39, 0.29) is 5.91 Å². The summed E-state index contributed by atoms with van der Waals surface area (Å²) in [6, 6.07) is 9.32. The van der Waals surface area contributed by atoms with E-state index >= 15 is 0 Å². The summed E-state index contributed by atoms with van der Waals surface area (Å²) in [7, 11) is 4.80. The highest BCUT2D eigenvalue weighted by atomic mass is 16.5. The zero-order valence-corrected chi connectivity index (χ0v) is 15.3. The first-order valence-corrected chi connectivity index (χ1v) is 8.39. The lowest BCUT2D eigenvalue weighted by molar-refractivity contribution is -0.121. The van der Waals surface area contributed by atoms with Gasteiger partial charge in [0.1, 0.15) is 11.4 Å². The molecule has 0 aliphatic carbocycles. The third-order valence-corrected chi connectivity index (χ3v) is 4.42. The van der Waals surface area contributed by atoms with Gasteiger partial charge in [0.2, 0.25) is 5.91 Å². The Bertz CT molecular complexity index is 781. The quantitative estimate of drug-likeness (QED) is 0.787. The third-order valence-electron chi connectivity index (χ3n) is 4.42. The van der Waals surface area contributed by atoms with Crippen LogP contribution in [0.4, 0.5) is 5.69 Å². The molecule has 0 spiro atoms. The number of carbonyl (C=O) groups excluding carboxylic acids is 1. The lowest BCUT2D eigenvalue weighted by Gasteiger charge is -2.34. The summed E-state index contributed by atoms with van der Waals surface area (Å²) < 4.78 is 16.1. The molecule has 1 aliphatic heterocycles. The van der Waals surface area contributed by atoms with Gasteiger partial charge >= 0.3 is 0 Å². The molecule has 7 heteroatoms. The fourth-order valence-corrected chi connectivity index (χ4v) is 3.14. The Hall–Kier alpha value is -2.80. The summed E-state index contributed by atoms with van der Waals surface area (Å²) in [5.41, 5.74) is 1.56. The summed E-state index contributed by atoms with van der Waals surface area (Å²) in [4.78, 5) is 20.9. The second-order valence-electron chi connectivity index (χ2n) is 5.92. The number of benzene rings is 1. The number of para-hydroxylation sites is 2. The Labute approximate surface area is 153 Å². The number of aromatic nitrogens is 1.